The molecule has 0 radical (unpaired) electrons. The van der Waals surface area contributed by atoms with Crippen molar-refractivity contribution < 1.29 is 18.0 Å². The molecule has 3 aromatic carbocycles. The smallest absolute Gasteiger partial charge is 0.244 e. The number of hydrogen-bond donors (Lipinski definition) is 1. The molecule has 0 heterocycles. The maximum atomic E-state index is 14.2. The Kier molecular flexibility index (Phi) is 10.9. The number of carbonyl (C=O) groups excluding carboxylic acids is 2. The van der Waals surface area contributed by atoms with Gasteiger partial charge in [0, 0.05) is 19.5 Å². The maximum absolute atomic E-state index is 14.2. The van der Waals surface area contributed by atoms with Gasteiger partial charge in [-0.15, -0.1) is 0 Å². The number of sulfonamides is 1. The number of unbranched alkanes of at least 4 members (excludes halogenated alkanes) is 1. The minimum absolute atomic E-state index is 0.175. The molecule has 0 saturated heterocycles. The fraction of sp³-hybridized carbons (Fsp3) is 0.375. The van der Waals surface area contributed by atoms with Crippen LogP contribution in [0.1, 0.15) is 47.6 Å². The van der Waals surface area contributed by atoms with Gasteiger partial charge >= 0.3 is 0 Å². The van der Waals surface area contributed by atoms with E-state index in [1.54, 1.807) is 17.0 Å². The quantitative estimate of drug-likeness (QED) is 0.299. The van der Waals surface area contributed by atoms with Crippen LogP contribution in [0, 0.1) is 20.8 Å². The molecule has 3 rings (SSSR count). The van der Waals surface area contributed by atoms with Gasteiger partial charge < -0.3 is 10.2 Å². The van der Waals surface area contributed by atoms with Gasteiger partial charge in [0.2, 0.25) is 21.8 Å². The molecule has 0 saturated carbocycles. The first-order chi connectivity index (χ1) is 19.0. The van der Waals surface area contributed by atoms with Crippen molar-refractivity contribution >= 4 is 27.5 Å². The highest BCUT2D eigenvalue weighted by molar-refractivity contribution is 7.92. The summed E-state index contributed by atoms with van der Waals surface area (Å²) in [6.45, 7) is 8.03. The molecule has 1 atom stereocenters. The number of rotatable bonds is 13. The van der Waals surface area contributed by atoms with E-state index < -0.39 is 28.5 Å². The van der Waals surface area contributed by atoms with E-state index in [1.165, 1.54) is 0 Å². The molecule has 214 valence electrons. The van der Waals surface area contributed by atoms with Crippen molar-refractivity contribution in [3.05, 3.63) is 101 Å². The van der Waals surface area contributed by atoms with Crippen LogP contribution < -0.4 is 9.62 Å². The van der Waals surface area contributed by atoms with E-state index in [2.05, 4.69) is 12.2 Å². The third-order valence-electron chi connectivity index (χ3n) is 7.23. The largest absolute Gasteiger partial charge is 0.354 e. The van der Waals surface area contributed by atoms with Crippen molar-refractivity contribution in [2.75, 3.05) is 23.7 Å². The molecule has 40 heavy (non-hydrogen) atoms. The SMILES string of the molecule is CCCCNC(=O)[C@H](Cc1ccccc1)N(Cc1ccccc1C)C(=O)CN(c1cccc(C)c1C)S(C)(=O)=O. The molecule has 0 aliphatic heterocycles. The Labute approximate surface area is 239 Å². The van der Waals surface area contributed by atoms with Crippen molar-refractivity contribution in [1.29, 1.82) is 0 Å². The Morgan fingerprint density at radius 2 is 1.52 bits per heavy atom. The summed E-state index contributed by atoms with van der Waals surface area (Å²) in [7, 11) is -3.80. The van der Waals surface area contributed by atoms with Crippen LogP contribution in [0.5, 0.6) is 0 Å². The van der Waals surface area contributed by atoms with Gasteiger partial charge in [-0.1, -0.05) is 80.1 Å². The monoisotopic (exact) mass is 563 g/mol. The van der Waals surface area contributed by atoms with Crippen LogP contribution >= 0.6 is 0 Å². The highest BCUT2D eigenvalue weighted by Gasteiger charge is 2.33. The first-order valence-electron chi connectivity index (χ1n) is 13.7. The normalized spacial score (nSPS) is 12.0. The van der Waals surface area contributed by atoms with E-state index in [1.807, 2.05) is 81.4 Å². The Morgan fingerprint density at radius 3 is 2.17 bits per heavy atom. The molecule has 8 heteroatoms. The lowest BCUT2D eigenvalue weighted by Gasteiger charge is -2.34. The molecule has 0 aromatic heterocycles. The van der Waals surface area contributed by atoms with Crippen LogP contribution in [0.25, 0.3) is 0 Å². The van der Waals surface area contributed by atoms with Gasteiger partial charge in [0.1, 0.15) is 12.6 Å². The van der Waals surface area contributed by atoms with E-state index in [9.17, 15) is 18.0 Å². The number of benzene rings is 3. The third kappa shape index (κ3) is 8.18. The molecule has 0 unspecified atom stereocenters. The third-order valence-corrected chi connectivity index (χ3v) is 8.35. The summed E-state index contributed by atoms with van der Waals surface area (Å²) in [4.78, 5) is 29.4. The van der Waals surface area contributed by atoms with Crippen LogP contribution in [0.15, 0.2) is 72.8 Å². The number of carbonyl (C=O) groups is 2. The van der Waals surface area contributed by atoms with Crippen molar-refractivity contribution in [2.45, 2.75) is 59.5 Å². The van der Waals surface area contributed by atoms with Crippen LogP contribution in [0.4, 0.5) is 5.69 Å². The highest BCUT2D eigenvalue weighted by Crippen LogP contribution is 2.26. The molecule has 7 nitrogen and oxygen atoms in total. The first kappa shape index (κ1) is 30.9. The fourth-order valence-corrected chi connectivity index (χ4v) is 5.53. The predicted octanol–water partition coefficient (Wildman–Crippen LogP) is 4.93. The lowest BCUT2D eigenvalue weighted by Crippen LogP contribution is -2.53. The molecular formula is C32H41N3O4S. The van der Waals surface area contributed by atoms with Crippen molar-refractivity contribution in [3.8, 4) is 0 Å². The molecule has 0 aliphatic carbocycles. The zero-order chi connectivity index (χ0) is 29.3. The van der Waals surface area contributed by atoms with E-state index in [4.69, 9.17) is 0 Å². The van der Waals surface area contributed by atoms with Crippen molar-refractivity contribution in [2.24, 2.45) is 0 Å². The van der Waals surface area contributed by atoms with E-state index >= 15 is 0 Å². The molecule has 0 fully saturated rings. The summed E-state index contributed by atoms with van der Waals surface area (Å²) < 4.78 is 27.2. The summed E-state index contributed by atoms with van der Waals surface area (Å²) >= 11 is 0. The van der Waals surface area contributed by atoms with Crippen molar-refractivity contribution in [1.82, 2.24) is 10.2 Å². The second kappa shape index (κ2) is 14.1. The molecule has 0 bridgehead atoms. The molecule has 3 aromatic rings. The zero-order valence-corrected chi connectivity index (χ0v) is 25.0. The van der Waals surface area contributed by atoms with Gasteiger partial charge in [-0.25, -0.2) is 8.42 Å². The molecule has 1 N–H and O–H groups in total. The molecular weight excluding hydrogens is 522 g/mol. The average Bonchev–Trinajstić information content (AvgIpc) is 2.92. The molecule has 0 aliphatic rings. The zero-order valence-electron chi connectivity index (χ0n) is 24.2. The Morgan fingerprint density at radius 1 is 0.875 bits per heavy atom. The number of hydrogen-bond acceptors (Lipinski definition) is 4. The molecule has 0 spiro atoms. The fourth-order valence-electron chi connectivity index (χ4n) is 4.63. The van der Waals surface area contributed by atoms with Gasteiger partial charge in [-0.2, -0.15) is 0 Å². The summed E-state index contributed by atoms with van der Waals surface area (Å²) in [5.74, 6) is -0.696. The second-order valence-electron chi connectivity index (χ2n) is 10.3. The van der Waals surface area contributed by atoms with Gasteiger partial charge in [0.15, 0.2) is 0 Å². The van der Waals surface area contributed by atoms with E-state index in [-0.39, 0.29) is 12.5 Å². The topological polar surface area (TPSA) is 86.8 Å². The van der Waals surface area contributed by atoms with Gasteiger partial charge in [0.05, 0.1) is 11.9 Å². The Bertz CT molecular complexity index is 1410. The predicted molar refractivity (Wildman–Crippen MR) is 162 cm³/mol. The van der Waals surface area contributed by atoms with Crippen molar-refractivity contribution in [3.63, 3.8) is 0 Å². The minimum Gasteiger partial charge on any atom is -0.354 e. The number of aryl methyl sites for hydroxylation is 2. The average molecular weight is 564 g/mol. The van der Waals surface area contributed by atoms with Crippen LogP contribution in [-0.4, -0.2) is 50.5 Å². The summed E-state index contributed by atoms with van der Waals surface area (Å²) in [5, 5.41) is 3.01. The van der Waals surface area contributed by atoms with E-state index in [0.717, 1.165) is 51.2 Å². The number of amides is 2. The van der Waals surface area contributed by atoms with Crippen LogP contribution in [0.2, 0.25) is 0 Å². The number of anilines is 1. The lowest BCUT2D eigenvalue weighted by atomic mass is 10.0. The van der Waals surface area contributed by atoms with Crippen LogP contribution in [0.3, 0.4) is 0 Å². The summed E-state index contributed by atoms with van der Waals surface area (Å²) in [5.41, 5.74) is 4.96. The van der Waals surface area contributed by atoms with E-state index in [0.29, 0.717) is 18.7 Å². The van der Waals surface area contributed by atoms with Gasteiger partial charge in [0.25, 0.3) is 0 Å². The minimum atomic E-state index is -3.80. The maximum Gasteiger partial charge on any atom is 0.244 e. The first-order valence-corrected chi connectivity index (χ1v) is 15.6. The lowest BCUT2D eigenvalue weighted by molar-refractivity contribution is -0.140. The summed E-state index contributed by atoms with van der Waals surface area (Å²) in [6, 6.07) is 21.9. The summed E-state index contributed by atoms with van der Waals surface area (Å²) in [6.07, 6.45) is 3.16. The Balaban J connectivity index is 2.07. The van der Waals surface area contributed by atoms with Crippen LogP contribution in [-0.2, 0) is 32.6 Å². The number of nitrogens with one attached hydrogen (secondary N) is 1. The molecule has 2 amide bonds. The highest BCUT2D eigenvalue weighted by atomic mass is 32.2. The van der Waals surface area contributed by atoms with Gasteiger partial charge in [-0.3, -0.25) is 13.9 Å². The van der Waals surface area contributed by atoms with Gasteiger partial charge in [-0.05, 0) is 61.1 Å². The standard InChI is InChI=1S/C32H41N3O4S/c1-6-7-20-33-32(37)30(21-27-16-9-8-10-17-27)34(22-28-18-12-11-14-25(28)3)31(36)23-35(40(5,38)39)29-19-13-15-24(2)26(29)4/h8-19,30H,6-7,20-23H2,1-5H3,(H,33,37)/t30-/m0/s1. The number of nitrogens with zero attached hydrogens (tertiary/aromatic N) is 2. The second-order valence-corrected chi connectivity index (χ2v) is 12.2. The Hall–Kier alpha value is -3.65.